The van der Waals surface area contributed by atoms with Gasteiger partial charge in [0.15, 0.2) is 0 Å². The van der Waals surface area contributed by atoms with Crippen LogP contribution in [0.4, 0.5) is 17.1 Å². The van der Waals surface area contributed by atoms with Crippen molar-refractivity contribution in [2.45, 2.75) is 24.0 Å². The summed E-state index contributed by atoms with van der Waals surface area (Å²) < 4.78 is 0. The maximum Gasteiger partial charge on any atom is 0.255 e. The molecule has 5 heteroatoms. The molecule has 0 saturated heterocycles. The number of nitrogens with one attached hydrogen (secondary N) is 1. The number of anilines is 1. The van der Waals surface area contributed by atoms with Crippen molar-refractivity contribution in [2.75, 3.05) is 5.32 Å². The SMILES string of the molecule is CC(C)Sc1ccc(C(=O)Nc2ccc(N=Nc3ccccc3)cc2)cc1. The lowest BCUT2D eigenvalue weighted by molar-refractivity contribution is 0.102. The number of carbonyl (C=O) groups is 1. The molecular weight excluding hydrogens is 354 g/mol. The molecule has 136 valence electrons. The number of azo groups is 1. The molecule has 3 aromatic carbocycles. The van der Waals surface area contributed by atoms with E-state index in [0.717, 1.165) is 22.0 Å². The second-order valence-corrected chi connectivity index (χ2v) is 7.88. The molecular formula is C22H21N3OS. The van der Waals surface area contributed by atoms with Crippen LogP contribution >= 0.6 is 11.8 Å². The summed E-state index contributed by atoms with van der Waals surface area (Å²) in [7, 11) is 0. The van der Waals surface area contributed by atoms with E-state index in [4.69, 9.17) is 0 Å². The monoisotopic (exact) mass is 375 g/mol. The van der Waals surface area contributed by atoms with Gasteiger partial charge in [0.05, 0.1) is 11.4 Å². The Morgan fingerprint density at radius 2 is 1.41 bits per heavy atom. The Hall–Kier alpha value is -2.92. The first-order valence-electron chi connectivity index (χ1n) is 8.75. The molecule has 0 spiro atoms. The fourth-order valence-electron chi connectivity index (χ4n) is 2.38. The van der Waals surface area contributed by atoms with Gasteiger partial charge in [-0.1, -0.05) is 32.0 Å². The quantitative estimate of drug-likeness (QED) is 0.378. The van der Waals surface area contributed by atoms with E-state index in [0.29, 0.717) is 10.8 Å². The van der Waals surface area contributed by atoms with Gasteiger partial charge in [-0.3, -0.25) is 4.79 Å². The first-order chi connectivity index (χ1) is 13.1. The maximum absolute atomic E-state index is 12.4. The average molecular weight is 375 g/mol. The molecule has 0 bridgehead atoms. The van der Waals surface area contributed by atoms with E-state index < -0.39 is 0 Å². The van der Waals surface area contributed by atoms with Crippen molar-refractivity contribution >= 4 is 34.7 Å². The number of nitrogens with zero attached hydrogens (tertiary/aromatic N) is 2. The van der Waals surface area contributed by atoms with Gasteiger partial charge in [0.2, 0.25) is 0 Å². The zero-order valence-electron chi connectivity index (χ0n) is 15.3. The molecule has 4 nitrogen and oxygen atoms in total. The number of hydrogen-bond donors (Lipinski definition) is 1. The van der Waals surface area contributed by atoms with Crippen LogP contribution in [0.5, 0.6) is 0 Å². The third-order valence-corrected chi connectivity index (χ3v) is 4.67. The standard InChI is InChI=1S/C22H21N3OS/c1-16(2)27-21-14-8-17(9-15-21)22(26)23-18-10-12-20(13-11-18)25-24-19-6-4-3-5-7-19/h3-16H,1-2H3,(H,23,26). The number of benzene rings is 3. The lowest BCUT2D eigenvalue weighted by atomic mass is 10.2. The van der Waals surface area contributed by atoms with E-state index in [1.165, 1.54) is 0 Å². The van der Waals surface area contributed by atoms with Crippen LogP contribution in [0.3, 0.4) is 0 Å². The van der Waals surface area contributed by atoms with Gasteiger partial charge in [-0.05, 0) is 60.7 Å². The molecule has 0 aromatic heterocycles. The molecule has 3 rings (SSSR count). The highest BCUT2D eigenvalue weighted by Crippen LogP contribution is 2.24. The Morgan fingerprint density at radius 3 is 2.00 bits per heavy atom. The van der Waals surface area contributed by atoms with Gasteiger partial charge in [-0.25, -0.2) is 0 Å². The summed E-state index contributed by atoms with van der Waals surface area (Å²) in [5.41, 5.74) is 2.89. The van der Waals surface area contributed by atoms with Gasteiger partial charge < -0.3 is 5.32 Å². The Labute approximate surface area is 163 Å². The van der Waals surface area contributed by atoms with Gasteiger partial charge in [-0.2, -0.15) is 10.2 Å². The highest BCUT2D eigenvalue weighted by molar-refractivity contribution is 7.99. The van der Waals surface area contributed by atoms with E-state index in [2.05, 4.69) is 29.4 Å². The molecule has 0 heterocycles. The molecule has 0 atom stereocenters. The number of hydrogen-bond acceptors (Lipinski definition) is 4. The summed E-state index contributed by atoms with van der Waals surface area (Å²) in [5, 5.41) is 11.8. The zero-order valence-corrected chi connectivity index (χ0v) is 16.1. The number of thioether (sulfide) groups is 1. The van der Waals surface area contributed by atoms with Gasteiger partial charge in [-0.15, -0.1) is 11.8 Å². The van der Waals surface area contributed by atoms with Crippen molar-refractivity contribution in [2.24, 2.45) is 10.2 Å². The molecule has 27 heavy (non-hydrogen) atoms. The fourth-order valence-corrected chi connectivity index (χ4v) is 3.22. The predicted molar refractivity (Wildman–Crippen MR) is 112 cm³/mol. The van der Waals surface area contributed by atoms with Gasteiger partial charge >= 0.3 is 0 Å². The lowest BCUT2D eigenvalue weighted by Crippen LogP contribution is -2.11. The molecule has 0 fully saturated rings. The third-order valence-electron chi connectivity index (χ3n) is 3.65. The van der Waals surface area contributed by atoms with E-state index in [9.17, 15) is 4.79 Å². The summed E-state index contributed by atoms with van der Waals surface area (Å²) >= 11 is 1.78. The largest absolute Gasteiger partial charge is 0.322 e. The summed E-state index contributed by atoms with van der Waals surface area (Å²) in [6.45, 7) is 4.29. The van der Waals surface area contributed by atoms with Crippen molar-refractivity contribution in [3.63, 3.8) is 0 Å². The van der Waals surface area contributed by atoms with E-state index in [-0.39, 0.29) is 5.91 Å². The summed E-state index contributed by atoms with van der Waals surface area (Å²) in [5.74, 6) is -0.130. The first kappa shape index (κ1) is 18.9. The number of amides is 1. The predicted octanol–water partition coefficient (Wildman–Crippen LogP) is 6.85. The van der Waals surface area contributed by atoms with Crippen molar-refractivity contribution in [1.29, 1.82) is 0 Å². The minimum absolute atomic E-state index is 0.130. The van der Waals surface area contributed by atoms with E-state index in [1.54, 1.807) is 11.8 Å². The van der Waals surface area contributed by atoms with Crippen LogP contribution in [-0.4, -0.2) is 11.2 Å². The minimum Gasteiger partial charge on any atom is -0.322 e. The van der Waals surface area contributed by atoms with Crippen LogP contribution in [0, 0.1) is 0 Å². The van der Waals surface area contributed by atoms with Crippen LogP contribution < -0.4 is 5.32 Å². The summed E-state index contributed by atoms with van der Waals surface area (Å²) in [6, 6.07) is 24.5. The Kier molecular flexibility index (Phi) is 6.39. The first-order valence-corrected chi connectivity index (χ1v) is 9.63. The van der Waals surface area contributed by atoms with Crippen LogP contribution in [0.15, 0.2) is 94.0 Å². The van der Waals surface area contributed by atoms with Gasteiger partial charge in [0.1, 0.15) is 0 Å². The lowest BCUT2D eigenvalue weighted by Gasteiger charge is -2.07. The van der Waals surface area contributed by atoms with Crippen molar-refractivity contribution in [1.82, 2.24) is 0 Å². The number of carbonyl (C=O) groups excluding carboxylic acids is 1. The number of rotatable bonds is 6. The van der Waals surface area contributed by atoms with Crippen molar-refractivity contribution in [3.8, 4) is 0 Å². The normalized spacial score (nSPS) is 11.1. The van der Waals surface area contributed by atoms with Gasteiger partial charge in [0, 0.05) is 21.4 Å². The average Bonchev–Trinajstić information content (AvgIpc) is 2.68. The highest BCUT2D eigenvalue weighted by Gasteiger charge is 2.07. The molecule has 1 N–H and O–H groups in total. The van der Waals surface area contributed by atoms with E-state index >= 15 is 0 Å². The second kappa shape index (κ2) is 9.14. The third kappa shape index (κ3) is 5.79. The van der Waals surface area contributed by atoms with E-state index in [1.807, 2.05) is 78.9 Å². The van der Waals surface area contributed by atoms with Gasteiger partial charge in [0.25, 0.3) is 5.91 Å². The highest BCUT2D eigenvalue weighted by atomic mass is 32.2. The Bertz CT molecular complexity index is 905. The Balaban J connectivity index is 1.60. The zero-order chi connectivity index (χ0) is 19.1. The second-order valence-electron chi connectivity index (χ2n) is 6.23. The van der Waals surface area contributed by atoms with Crippen LogP contribution in [0.2, 0.25) is 0 Å². The van der Waals surface area contributed by atoms with Crippen LogP contribution in [0.1, 0.15) is 24.2 Å². The van der Waals surface area contributed by atoms with Crippen molar-refractivity contribution < 1.29 is 4.79 Å². The smallest absolute Gasteiger partial charge is 0.255 e. The molecule has 0 aliphatic carbocycles. The molecule has 0 radical (unpaired) electrons. The maximum atomic E-state index is 12.4. The molecule has 0 saturated carbocycles. The molecule has 3 aromatic rings. The van der Waals surface area contributed by atoms with Crippen LogP contribution in [0.25, 0.3) is 0 Å². The fraction of sp³-hybridized carbons (Fsp3) is 0.136. The molecule has 0 unspecified atom stereocenters. The van der Waals surface area contributed by atoms with Crippen molar-refractivity contribution in [3.05, 3.63) is 84.4 Å². The molecule has 0 aliphatic rings. The topological polar surface area (TPSA) is 53.8 Å². The summed E-state index contributed by atoms with van der Waals surface area (Å²) in [6.07, 6.45) is 0. The molecule has 1 amide bonds. The molecule has 0 aliphatic heterocycles. The summed E-state index contributed by atoms with van der Waals surface area (Å²) in [4.78, 5) is 13.5. The Morgan fingerprint density at radius 1 is 0.815 bits per heavy atom. The minimum atomic E-state index is -0.130. The van der Waals surface area contributed by atoms with Crippen LogP contribution in [-0.2, 0) is 0 Å².